The molecule has 2 aromatic rings. The Bertz CT molecular complexity index is 499. The van der Waals surface area contributed by atoms with Crippen LogP contribution >= 0.6 is 0 Å². The lowest BCUT2D eigenvalue weighted by molar-refractivity contribution is 0.255. The first-order chi connectivity index (χ1) is 9.35. The summed E-state index contributed by atoms with van der Waals surface area (Å²) < 4.78 is 12.6. The lowest BCUT2D eigenvalue weighted by Crippen LogP contribution is -2.17. The Kier molecular flexibility index (Phi) is 3.53. The van der Waals surface area contributed by atoms with E-state index in [1.165, 1.54) is 12.8 Å². The maximum absolute atomic E-state index is 5.35. The molecular weight excluding hydrogens is 242 g/mol. The molecule has 0 saturated heterocycles. The zero-order valence-corrected chi connectivity index (χ0v) is 11.2. The highest BCUT2D eigenvalue weighted by Crippen LogP contribution is 2.37. The van der Waals surface area contributed by atoms with E-state index >= 15 is 0 Å². The summed E-state index contributed by atoms with van der Waals surface area (Å²) in [5.41, 5.74) is 0. The molecule has 0 unspecified atom stereocenters. The molecule has 0 aliphatic heterocycles. The fourth-order valence-electron chi connectivity index (χ4n) is 2.88. The molecule has 0 bridgehead atoms. The number of aromatic nitrogens is 3. The summed E-state index contributed by atoms with van der Waals surface area (Å²) in [5.74, 6) is 2.79. The van der Waals surface area contributed by atoms with Crippen LogP contribution in [0.1, 0.15) is 37.4 Å². The molecule has 102 valence electrons. The Hall–Kier alpha value is -1.78. The van der Waals surface area contributed by atoms with Gasteiger partial charge in [0.25, 0.3) is 5.88 Å². The van der Waals surface area contributed by atoms with Crippen LogP contribution in [0.3, 0.4) is 0 Å². The van der Waals surface area contributed by atoms with Crippen molar-refractivity contribution in [2.24, 2.45) is 5.92 Å². The molecule has 19 heavy (non-hydrogen) atoms. The third-order valence-electron chi connectivity index (χ3n) is 3.99. The molecule has 5 nitrogen and oxygen atoms in total. The van der Waals surface area contributed by atoms with Crippen LogP contribution in [0.25, 0.3) is 0 Å². The van der Waals surface area contributed by atoms with Gasteiger partial charge >= 0.3 is 0 Å². The van der Waals surface area contributed by atoms with Gasteiger partial charge in [-0.3, -0.25) is 0 Å². The maximum Gasteiger partial charge on any atom is 0.254 e. The van der Waals surface area contributed by atoms with E-state index in [0.717, 1.165) is 31.1 Å². The van der Waals surface area contributed by atoms with Gasteiger partial charge < -0.3 is 13.8 Å². The van der Waals surface area contributed by atoms with Gasteiger partial charge in [0.05, 0.1) is 13.4 Å². The summed E-state index contributed by atoms with van der Waals surface area (Å²) in [7, 11) is 1.61. The Morgan fingerprint density at radius 2 is 2.21 bits per heavy atom. The molecular formula is C14H19N3O2. The zero-order chi connectivity index (χ0) is 13.1. The first-order valence-corrected chi connectivity index (χ1v) is 6.81. The van der Waals surface area contributed by atoms with Crippen LogP contribution < -0.4 is 4.74 Å². The zero-order valence-electron chi connectivity index (χ0n) is 11.2. The second kappa shape index (κ2) is 5.47. The summed E-state index contributed by atoms with van der Waals surface area (Å²) in [6.07, 6.45) is 10.6. The molecule has 2 heterocycles. The Balaban J connectivity index is 1.54. The minimum Gasteiger partial charge on any atom is -0.479 e. The number of hydrogen-bond donors (Lipinski definition) is 0. The smallest absolute Gasteiger partial charge is 0.254 e. The molecule has 5 heteroatoms. The Morgan fingerprint density at radius 3 is 2.84 bits per heavy atom. The summed E-state index contributed by atoms with van der Waals surface area (Å²) in [6, 6.07) is 1.92. The van der Waals surface area contributed by atoms with Crippen molar-refractivity contribution in [2.75, 3.05) is 7.11 Å². The van der Waals surface area contributed by atoms with E-state index in [-0.39, 0.29) is 0 Å². The van der Waals surface area contributed by atoms with E-state index in [2.05, 4.69) is 14.7 Å². The number of ether oxygens (including phenoxy) is 1. The summed E-state index contributed by atoms with van der Waals surface area (Å²) in [4.78, 5) is 4.09. The maximum atomic E-state index is 5.35. The van der Waals surface area contributed by atoms with Crippen LogP contribution in [0.2, 0.25) is 0 Å². The summed E-state index contributed by atoms with van der Waals surface area (Å²) in [6.45, 7) is 1.08. The molecule has 0 aromatic carbocycles. The van der Waals surface area contributed by atoms with Crippen molar-refractivity contribution in [3.63, 3.8) is 0 Å². The highest BCUT2D eigenvalue weighted by molar-refractivity contribution is 5.15. The molecule has 1 fully saturated rings. The second-order valence-electron chi connectivity index (χ2n) is 5.25. The average Bonchev–Trinajstić information content (AvgIpc) is 3.10. The normalized spacial score (nSPS) is 23.4. The van der Waals surface area contributed by atoms with E-state index in [4.69, 9.17) is 9.26 Å². The van der Waals surface area contributed by atoms with Crippen molar-refractivity contribution in [2.45, 2.75) is 38.1 Å². The van der Waals surface area contributed by atoms with Crippen LogP contribution in [0.4, 0.5) is 0 Å². The summed E-state index contributed by atoms with van der Waals surface area (Å²) >= 11 is 0. The molecule has 0 spiro atoms. The third kappa shape index (κ3) is 2.80. The number of rotatable bonds is 4. The van der Waals surface area contributed by atoms with Gasteiger partial charge in [0.1, 0.15) is 5.76 Å². The molecule has 3 rings (SSSR count). The van der Waals surface area contributed by atoms with Crippen molar-refractivity contribution >= 4 is 0 Å². The van der Waals surface area contributed by atoms with E-state index in [0.29, 0.717) is 11.8 Å². The van der Waals surface area contributed by atoms with E-state index in [9.17, 15) is 0 Å². The van der Waals surface area contributed by atoms with Crippen molar-refractivity contribution in [3.8, 4) is 5.88 Å². The Labute approximate surface area is 112 Å². The standard InChI is InChI=1S/C14H19N3O2/c1-18-14-8-13(19-16-14)12-4-2-11(3-5-12)9-17-7-6-15-10-17/h6-8,10-12H,2-5,9H2,1H3. The number of imidazole rings is 1. The first-order valence-electron chi connectivity index (χ1n) is 6.81. The molecule has 1 saturated carbocycles. The molecule has 0 atom stereocenters. The Morgan fingerprint density at radius 1 is 1.37 bits per heavy atom. The van der Waals surface area contributed by atoms with Gasteiger partial charge in [0.2, 0.25) is 0 Å². The lowest BCUT2D eigenvalue weighted by atomic mass is 9.81. The van der Waals surface area contributed by atoms with Gasteiger partial charge in [-0.05, 0) is 36.8 Å². The highest BCUT2D eigenvalue weighted by atomic mass is 16.5. The minimum atomic E-state index is 0.496. The number of methoxy groups -OCH3 is 1. The second-order valence-corrected chi connectivity index (χ2v) is 5.25. The fraction of sp³-hybridized carbons (Fsp3) is 0.571. The van der Waals surface area contributed by atoms with Gasteiger partial charge in [0, 0.05) is 30.9 Å². The van der Waals surface area contributed by atoms with Gasteiger partial charge in [-0.25, -0.2) is 4.98 Å². The predicted molar refractivity (Wildman–Crippen MR) is 70.0 cm³/mol. The van der Waals surface area contributed by atoms with E-state index in [1.807, 2.05) is 24.8 Å². The van der Waals surface area contributed by atoms with Crippen molar-refractivity contribution in [3.05, 3.63) is 30.5 Å². The third-order valence-corrected chi connectivity index (χ3v) is 3.99. The minimum absolute atomic E-state index is 0.496. The van der Waals surface area contributed by atoms with Crippen LogP contribution in [-0.4, -0.2) is 21.8 Å². The average molecular weight is 261 g/mol. The molecule has 1 aliphatic carbocycles. The summed E-state index contributed by atoms with van der Waals surface area (Å²) in [5, 5.41) is 3.88. The molecule has 0 radical (unpaired) electrons. The van der Waals surface area contributed by atoms with Crippen LogP contribution in [0, 0.1) is 5.92 Å². The SMILES string of the molecule is COc1cc(C2CCC(Cn3ccnc3)CC2)on1. The van der Waals surface area contributed by atoms with Crippen LogP contribution in [-0.2, 0) is 6.54 Å². The number of nitrogens with zero attached hydrogens (tertiary/aromatic N) is 3. The monoisotopic (exact) mass is 261 g/mol. The van der Waals surface area contributed by atoms with E-state index < -0.39 is 0 Å². The van der Waals surface area contributed by atoms with Gasteiger partial charge in [-0.2, -0.15) is 0 Å². The van der Waals surface area contributed by atoms with Crippen LogP contribution in [0.15, 0.2) is 29.3 Å². The topological polar surface area (TPSA) is 53.1 Å². The van der Waals surface area contributed by atoms with E-state index in [1.54, 1.807) is 7.11 Å². The first kappa shape index (κ1) is 12.3. The van der Waals surface area contributed by atoms with Crippen LogP contribution in [0.5, 0.6) is 5.88 Å². The molecule has 0 amide bonds. The van der Waals surface area contributed by atoms with Crippen molar-refractivity contribution < 1.29 is 9.26 Å². The lowest BCUT2D eigenvalue weighted by Gasteiger charge is -2.27. The van der Waals surface area contributed by atoms with Crippen molar-refractivity contribution in [1.29, 1.82) is 0 Å². The van der Waals surface area contributed by atoms with Gasteiger partial charge in [-0.1, -0.05) is 0 Å². The van der Waals surface area contributed by atoms with Crippen molar-refractivity contribution in [1.82, 2.24) is 14.7 Å². The quantitative estimate of drug-likeness (QED) is 0.849. The predicted octanol–water partition coefficient (Wildman–Crippen LogP) is 2.85. The highest BCUT2D eigenvalue weighted by Gasteiger charge is 2.25. The fourth-order valence-corrected chi connectivity index (χ4v) is 2.88. The molecule has 1 aliphatic rings. The van der Waals surface area contributed by atoms with Gasteiger partial charge in [-0.15, -0.1) is 0 Å². The largest absolute Gasteiger partial charge is 0.479 e. The molecule has 2 aromatic heterocycles. The number of hydrogen-bond acceptors (Lipinski definition) is 4. The van der Waals surface area contributed by atoms with Gasteiger partial charge in [0.15, 0.2) is 0 Å². The molecule has 0 N–H and O–H groups in total.